The molecular weight excluding hydrogens is 552 g/mol. The van der Waals surface area contributed by atoms with Crippen molar-refractivity contribution in [3.63, 3.8) is 0 Å². The number of carbonyl (C=O) groups is 4. The van der Waals surface area contributed by atoms with Gasteiger partial charge in [-0.05, 0) is 31.9 Å². The summed E-state index contributed by atoms with van der Waals surface area (Å²) in [6.45, 7) is 5.85. The summed E-state index contributed by atoms with van der Waals surface area (Å²) in [7, 11) is 1.60. The minimum atomic E-state index is -1.16. The smallest absolute Gasteiger partial charge is 0.350 e. The van der Waals surface area contributed by atoms with Crippen LogP contribution in [0.3, 0.4) is 0 Å². The van der Waals surface area contributed by atoms with Gasteiger partial charge in [-0.3, -0.25) is 14.1 Å². The van der Waals surface area contributed by atoms with Crippen LogP contribution in [0.1, 0.15) is 57.8 Å². The lowest BCUT2D eigenvalue weighted by Gasteiger charge is -2.41. The number of carboxylic acid groups (broad SMARTS) is 1. The van der Waals surface area contributed by atoms with E-state index < -0.39 is 29.9 Å². The molecule has 3 aromatic rings. The van der Waals surface area contributed by atoms with E-state index in [9.17, 15) is 24.3 Å². The highest BCUT2D eigenvalue weighted by molar-refractivity contribution is 7.17. The SMILES string of the molecule is CCOC(=O)c1sc(NC(=O)CC(NC(=O)c2cccc(-c3noc(C)n3)c2)C2CC[N+](C)(C(=O)[O-])CC2)nc1C. The molecule has 41 heavy (non-hydrogen) atoms. The van der Waals surface area contributed by atoms with Crippen molar-refractivity contribution in [2.75, 3.05) is 32.1 Å². The predicted molar refractivity (Wildman–Crippen MR) is 146 cm³/mol. The molecular formula is C27H32N6O7S. The van der Waals surface area contributed by atoms with Gasteiger partial charge >= 0.3 is 5.97 Å². The number of esters is 1. The number of nitrogens with zero attached hydrogens (tertiary/aromatic N) is 4. The third kappa shape index (κ3) is 7.13. The molecule has 1 unspecified atom stereocenters. The van der Waals surface area contributed by atoms with Crippen molar-refractivity contribution in [3.05, 3.63) is 46.3 Å². The van der Waals surface area contributed by atoms with Crippen molar-refractivity contribution in [1.82, 2.24) is 20.4 Å². The Bertz CT molecular complexity index is 1440. The lowest BCUT2D eigenvalue weighted by atomic mass is 9.86. The van der Waals surface area contributed by atoms with Crippen LogP contribution in [-0.2, 0) is 9.53 Å². The minimum Gasteiger partial charge on any atom is -0.498 e. The number of hydrogen-bond donors (Lipinski definition) is 2. The predicted octanol–water partition coefficient (Wildman–Crippen LogP) is 2.31. The maximum atomic E-state index is 13.4. The van der Waals surface area contributed by atoms with Crippen molar-refractivity contribution in [2.45, 2.75) is 46.1 Å². The van der Waals surface area contributed by atoms with Gasteiger partial charge in [0.25, 0.3) is 12.0 Å². The Morgan fingerprint density at radius 2 is 1.93 bits per heavy atom. The van der Waals surface area contributed by atoms with Gasteiger partial charge in [0.05, 0.1) is 32.4 Å². The number of likely N-dealkylation sites (tertiary alicyclic amines) is 1. The van der Waals surface area contributed by atoms with Crippen LogP contribution in [0.2, 0.25) is 0 Å². The number of aromatic nitrogens is 3. The van der Waals surface area contributed by atoms with Crippen molar-refractivity contribution < 1.29 is 38.0 Å². The molecule has 3 heterocycles. The number of quaternary nitrogens is 1. The average molecular weight is 585 g/mol. The number of hydrogen-bond acceptors (Lipinski definition) is 11. The molecule has 0 bridgehead atoms. The number of benzene rings is 1. The maximum Gasteiger partial charge on any atom is 0.350 e. The second-order valence-corrected chi connectivity index (χ2v) is 11.1. The van der Waals surface area contributed by atoms with Gasteiger partial charge in [0.2, 0.25) is 17.6 Å². The molecule has 13 nitrogen and oxygen atoms in total. The molecule has 0 aliphatic carbocycles. The van der Waals surface area contributed by atoms with E-state index in [4.69, 9.17) is 9.26 Å². The third-order valence-electron chi connectivity index (χ3n) is 7.13. The first-order valence-electron chi connectivity index (χ1n) is 13.2. The molecule has 0 spiro atoms. The van der Waals surface area contributed by atoms with Crippen molar-refractivity contribution in [2.24, 2.45) is 5.92 Å². The Morgan fingerprint density at radius 1 is 1.20 bits per heavy atom. The van der Waals surface area contributed by atoms with Crippen molar-refractivity contribution in [3.8, 4) is 11.4 Å². The maximum absolute atomic E-state index is 13.4. The molecule has 2 aromatic heterocycles. The zero-order chi connectivity index (χ0) is 29.7. The highest BCUT2D eigenvalue weighted by Gasteiger charge is 2.37. The Balaban J connectivity index is 1.51. The first-order chi connectivity index (χ1) is 19.5. The molecule has 1 fully saturated rings. The molecule has 218 valence electrons. The van der Waals surface area contributed by atoms with Gasteiger partial charge in [-0.25, -0.2) is 9.78 Å². The van der Waals surface area contributed by atoms with E-state index in [0.29, 0.717) is 59.3 Å². The Kier molecular flexibility index (Phi) is 9.13. The number of carbonyl (C=O) groups excluding carboxylic acids is 4. The lowest BCUT2D eigenvalue weighted by Crippen LogP contribution is -2.60. The molecule has 14 heteroatoms. The standard InChI is InChI=1S/C27H32N6O7S/c1-5-39-25(36)22-15(2)28-26(41-22)31-21(34)14-20(17-9-11-33(4,12-10-17)27(37)38)30-24(35)19-8-6-7-18(13-19)23-29-16(3)40-32-23/h6-8,13,17,20H,5,9-12,14H2,1-4H3,(H2-,28,30,31,34,35,36,37,38). The van der Waals surface area contributed by atoms with E-state index in [1.165, 1.54) is 0 Å². The summed E-state index contributed by atoms with van der Waals surface area (Å²) in [5, 5.41) is 21.5. The molecule has 1 aromatic carbocycles. The molecule has 0 radical (unpaired) electrons. The van der Waals surface area contributed by atoms with Crippen LogP contribution in [0.5, 0.6) is 0 Å². The average Bonchev–Trinajstić information content (AvgIpc) is 3.53. The molecule has 1 saturated heterocycles. The zero-order valence-corrected chi connectivity index (χ0v) is 24.1. The Morgan fingerprint density at radius 3 is 2.56 bits per heavy atom. The molecule has 1 atom stereocenters. The summed E-state index contributed by atoms with van der Waals surface area (Å²) in [5.41, 5.74) is 1.38. The number of amides is 3. The summed E-state index contributed by atoms with van der Waals surface area (Å²) in [6, 6.07) is 6.14. The van der Waals surface area contributed by atoms with E-state index in [1.54, 1.807) is 52.1 Å². The second-order valence-electron chi connectivity index (χ2n) is 10.2. The normalized spacial score (nSPS) is 19.3. The van der Waals surface area contributed by atoms with Gasteiger partial charge in [0.15, 0.2) is 5.13 Å². The number of thiazole rings is 1. The summed E-state index contributed by atoms with van der Waals surface area (Å²) >= 11 is 1.01. The number of piperidine rings is 1. The third-order valence-corrected chi connectivity index (χ3v) is 8.19. The fraction of sp³-hybridized carbons (Fsp3) is 0.444. The molecule has 1 aliphatic rings. The fourth-order valence-corrected chi connectivity index (χ4v) is 5.63. The van der Waals surface area contributed by atoms with Crippen LogP contribution in [0.15, 0.2) is 28.8 Å². The van der Waals surface area contributed by atoms with Gasteiger partial charge in [-0.15, -0.1) is 0 Å². The van der Waals surface area contributed by atoms with Gasteiger partial charge in [-0.1, -0.05) is 28.6 Å². The van der Waals surface area contributed by atoms with E-state index in [-0.39, 0.29) is 28.6 Å². The van der Waals surface area contributed by atoms with Crippen LogP contribution >= 0.6 is 11.3 Å². The first kappa shape index (κ1) is 29.8. The largest absolute Gasteiger partial charge is 0.498 e. The fourth-order valence-electron chi connectivity index (χ4n) is 4.75. The molecule has 3 amide bonds. The van der Waals surface area contributed by atoms with Crippen LogP contribution in [0.4, 0.5) is 9.93 Å². The monoisotopic (exact) mass is 584 g/mol. The number of aryl methyl sites for hydroxylation is 2. The van der Waals surface area contributed by atoms with Crippen LogP contribution in [0, 0.1) is 19.8 Å². The molecule has 1 aliphatic heterocycles. The molecule has 4 rings (SSSR count). The Labute approximate surface area is 240 Å². The number of nitrogens with one attached hydrogen (secondary N) is 2. The van der Waals surface area contributed by atoms with Crippen LogP contribution in [-0.4, -0.2) is 76.3 Å². The first-order valence-corrected chi connectivity index (χ1v) is 14.0. The summed E-state index contributed by atoms with van der Waals surface area (Å²) in [5.74, 6) is -0.736. The van der Waals surface area contributed by atoms with Crippen LogP contribution in [0.25, 0.3) is 11.4 Å². The minimum absolute atomic E-state index is 0.0808. The summed E-state index contributed by atoms with van der Waals surface area (Å²) in [4.78, 5) is 59.1. The molecule has 2 N–H and O–H groups in total. The second kappa shape index (κ2) is 12.6. The highest BCUT2D eigenvalue weighted by Crippen LogP contribution is 2.28. The van der Waals surface area contributed by atoms with Gasteiger partial charge in [-0.2, -0.15) is 4.98 Å². The van der Waals surface area contributed by atoms with Gasteiger partial charge < -0.3 is 29.8 Å². The lowest BCUT2D eigenvalue weighted by molar-refractivity contribution is -0.863. The number of ether oxygens (including phenoxy) is 1. The van der Waals surface area contributed by atoms with E-state index in [0.717, 1.165) is 11.3 Å². The zero-order valence-electron chi connectivity index (χ0n) is 23.3. The van der Waals surface area contributed by atoms with Gasteiger partial charge in [0.1, 0.15) is 4.88 Å². The summed E-state index contributed by atoms with van der Waals surface area (Å²) in [6.07, 6.45) is -0.308. The van der Waals surface area contributed by atoms with E-state index >= 15 is 0 Å². The van der Waals surface area contributed by atoms with Crippen molar-refractivity contribution in [1.29, 1.82) is 0 Å². The molecule has 0 saturated carbocycles. The van der Waals surface area contributed by atoms with Crippen LogP contribution < -0.4 is 15.7 Å². The quantitative estimate of drug-likeness (QED) is 0.280. The topological polar surface area (TPSA) is 176 Å². The van der Waals surface area contributed by atoms with E-state index in [2.05, 4.69) is 25.8 Å². The highest BCUT2D eigenvalue weighted by atomic mass is 32.1. The van der Waals surface area contributed by atoms with E-state index in [1.807, 2.05) is 0 Å². The van der Waals surface area contributed by atoms with Gasteiger partial charge in [0, 0.05) is 43.4 Å². The number of rotatable bonds is 9. The Hall–Kier alpha value is -4.17. The van der Waals surface area contributed by atoms with Crippen molar-refractivity contribution >= 4 is 40.3 Å². The number of anilines is 1. The summed E-state index contributed by atoms with van der Waals surface area (Å²) < 4.78 is 9.85.